The molecule has 0 bridgehead atoms. The SMILES string of the molecule is c1ccc(-n2cc(CN3CCc4nc(-c5ccncc5)ncc4C3)nn2)cc1. The Morgan fingerprint density at radius 1 is 1.00 bits per heavy atom. The van der Waals surface area contributed by atoms with Gasteiger partial charge in [-0.1, -0.05) is 23.4 Å². The Labute approximate surface area is 162 Å². The molecule has 4 heterocycles. The summed E-state index contributed by atoms with van der Waals surface area (Å²) in [4.78, 5) is 15.7. The van der Waals surface area contributed by atoms with Crippen molar-refractivity contribution in [2.24, 2.45) is 0 Å². The van der Waals surface area contributed by atoms with Crippen molar-refractivity contribution < 1.29 is 0 Å². The number of hydrogen-bond acceptors (Lipinski definition) is 6. The Hall–Kier alpha value is -3.45. The van der Waals surface area contributed by atoms with E-state index in [1.165, 1.54) is 5.56 Å². The number of para-hydroxylation sites is 1. The van der Waals surface area contributed by atoms with Crippen molar-refractivity contribution in [1.82, 2.24) is 34.8 Å². The Morgan fingerprint density at radius 2 is 1.86 bits per heavy atom. The monoisotopic (exact) mass is 369 g/mol. The molecule has 0 saturated carbocycles. The van der Waals surface area contributed by atoms with Crippen LogP contribution in [0.1, 0.15) is 17.0 Å². The second-order valence-corrected chi connectivity index (χ2v) is 6.85. The van der Waals surface area contributed by atoms with E-state index in [-0.39, 0.29) is 0 Å². The number of aromatic nitrogens is 6. The summed E-state index contributed by atoms with van der Waals surface area (Å²) in [7, 11) is 0. The zero-order valence-corrected chi connectivity index (χ0v) is 15.3. The second-order valence-electron chi connectivity index (χ2n) is 6.85. The molecule has 0 atom stereocenters. The van der Waals surface area contributed by atoms with Crippen LogP contribution in [0.25, 0.3) is 17.1 Å². The molecule has 1 aliphatic heterocycles. The lowest BCUT2D eigenvalue weighted by molar-refractivity contribution is 0.240. The highest BCUT2D eigenvalue weighted by Crippen LogP contribution is 2.21. The van der Waals surface area contributed by atoms with Crippen LogP contribution in [0.3, 0.4) is 0 Å². The van der Waals surface area contributed by atoms with E-state index in [4.69, 9.17) is 4.98 Å². The van der Waals surface area contributed by atoms with E-state index >= 15 is 0 Å². The van der Waals surface area contributed by atoms with Gasteiger partial charge < -0.3 is 0 Å². The van der Waals surface area contributed by atoms with Crippen LogP contribution in [0.5, 0.6) is 0 Å². The molecule has 4 aromatic rings. The molecule has 7 heteroatoms. The number of fused-ring (bicyclic) bond motifs is 1. The van der Waals surface area contributed by atoms with Gasteiger partial charge in [0.2, 0.25) is 0 Å². The van der Waals surface area contributed by atoms with Gasteiger partial charge in [0, 0.05) is 55.8 Å². The predicted molar refractivity (Wildman–Crippen MR) is 104 cm³/mol. The fraction of sp³-hybridized carbons (Fsp3) is 0.190. The van der Waals surface area contributed by atoms with Crippen LogP contribution in [-0.4, -0.2) is 41.4 Å². The average molecular weight is 369 g/mol. The molecular weight excluding hydrogens is 350 g/mol. The largest absolute Gasteiger partial charge is 0.293 e. The molecule has 0 amide bonds. The zero-order chi connectivity index (χ0) is 18.8. The van der Waals surface area contributed by atoms with Crippen LogP contribution in [0.2, 0.25) is 0 Å². The third-order valence-corrected chi connectivity index (χ3v) is 4.90. The summed E-state index contributed by atoms with van der Waals surface area (Å²) in [5.41, 5.74) is 5.28. The standard InChI is InChI=1S/C21H19N7/c1-2-4-19(5-3-1)28-15-18(25-26-28)14-27-11-8-20-17(13-27)12-23-21(24-20)16-6-9-22-10-7-16/h1-7,9-10,12,15H,8,11,13-14H2. The normalized spacial score (nSPS) is 14.0. The van der Waals surface area contributed by atoms with E-state index in [0.717, 1.165) is 54.5 Å². The van der Waals surface area contributed by atoms with Gasteiger partial charge in [-0.2, -0.15) is 0 Å². The Kier molecular flexibility index (Phi) is 4.34. The number of benzene rings is 1. The highest BCUT2D eigenvalue weighted by Gasteiger charge is 2.20. The van der Waals surface area contributed by atoms with Gasteiger partial charge in [-0.05, 0) is 24.3 Å². The van der Waals surface area contributed by atoms with Crippen molar-refractivity contribution in [2.45, 2.75) is 19.5 Å². The van der Waals surface area contributed by atoms with Gasteiger partial charge in [-0.25, -0.2) is 14.6 Å². The molecule has 138 valence electrons. The molecule has 0 fully saturated rings. The van der Waals surface area contributed by atoms with Gasteiger partial charge in [-0.15, -0.1) is 5.10 Å². The topological polar surface area (TPSA) is 72.6 Å². The minimum absolute atomic E-state index is 0.762. The summed E-state index contributed by atoms with van der Waals surface area (Å²) >= 11 is 0. The van der Waals surface area contributed by atoms with Gasteiger partial charge in [0.1, 0.15) is 0 Å². The lowest BCUT2D eigenvalue weighted by atomic mass is 10.1. The molecule has 28 heavy (non-hydrogen) atoms. The van der Waals surface area contributed by atoms with E-state index in [1.54, 1.807) is 12.4 Å². The Bertz CT molecular complexity index is 1080. The van der Waals surface area contributed by atoms with Gasteiger partial charge in [0.25, 0.3) is 0 Å². The predicted octanol–water partition coefficient (Wildman–Crippen LogP) is 2.68. The number of pyridine rings is 1. The number of nitrogens with zero attached hydrogens (tertiary/aromatic N) is 7. The molecule has 0 saturated heterocycles. The summed E-state index contributed by atoms with van der Waals surface area (Å²) in [6, 6.07) is 13.9. The third kappa shape index (κ3) is 3.39. The third-order valence-electron chi connectivity index (χ3n) is 4.90. The average Bonchev–Trinajstić information content (AvgIpc) is 3.23. The summed E-state index contributed by atoms with van der Waals surface area (Å²) in [6.45, 7) is 2.53. The van der Waals surface area contributed by atoms with Crippen LogP contribution >= 0.6 is 0 Å². The van der Waals surface area contributed by atoms with E-state index in [0.29, 0.717) is 0 Å². The summed E-state index contributed by atoms with van der Waals surface area (Å²) in [6.07, 6.45) is 8.38. The molecule has 0 N–H and O–H groups in total. The zero-order valence-electron chi connectivity index (χ0n) is 15.3. The Balaban J connectivity index is 1.30. The molecule has 0 unspecified atom stereocenters. The summed E-state index contributed by atoms with van der Waals surface area (Å²) < 4.78 is 1.82. The van der Waals surface area contributed by atoms with Crippen molar-refractivity contribution >= 4 is 0 Å². The minimum atomic E-state index is 0.762. The van der Waals surface area contributed by atoms with Crippen molar-refractivity contribution in [1.29, 1.82) is 0 Å². The van der Waals surface area contributed by atoms with Gasteiger partial charge in [0.15, 0.2) is 5.82 Å². The number of hydrogen-bond donors (Lipinski definition) is 0. The lowest BCUT2D eigenvalue weighted by Gasteiger charge is -2.27. The van der Waals surface area contributed by atoms with Gasteiger partial charge >= 0.3 is 0 Å². The molecular formula is C21H19N7. The van der Waals surface area contributed by atoms with Crippen LogP contribution in [-0.2, 0) is 19.5 Å². The van der Waals surface area contributed by atoms with Crippen LogP contribution in [0.4, 0.5) is 0 Å². The van der Waals surface area contributed by atoms with Crippen LogP contribution in [0.15, 0.2) is 67.3 Å². The first-order valence-corrected chi connectivity index (χ1v) is 9.29. The van der Waals surface area contributed by atoms with Crippen molar-refractivity contribution in [3.05, 3.63) is 84.2 Å². The highest BCUT2D eigenvalue weighted by molar-refractivity contribution is 5.54. The fourth-order valence-electron chi connectivity index (χ4n) is 3.46. The summed E-state index contributed by atoms with van der Waals surface area (Å²) in [5.74, 6) is 0.764. The second kappa shape index (κ2) is 7.28. The maximum absolute atomic E-state index is 4.77. The molecule has 5 rings (SSSR count). The number of rotatable bonds is 4. The first kappa shape index (κ1) is 16.7. The fourth-order valence-corrected chi connectivity index (χ4v) is 3.46. The molecule has 7 nitrogen and oxygen atoms in total. The molecule has 0 radical (unpaired) electrons. The van der Waals surface area contributed by atoms with E-state index in [9.17, 15) is 0 Å². The lowest BCUT2D eigenvalue weighted by Crippen LogP contribution is -2.31. The van der Waals surface area contributed by atoms with Gasteiger partial charge in [0.05, 0.1) is 23.3 Å². The summed E-state index contributed by atoms with van der Waals surface area (Å²) in [5, 5.41) is 8.58. The molecule has 3 aromatic heterocycles. The Morgan fingerprint density at radius 3 is 2.71 bits per heavy atom. The smallest absolute Gasteiger partial charge is 0.159 e. The molecule has 0 aliphatic carbocycles. The van der Waals surface area contributed by atoms with E-state index in [2.05, 4.69) is 25.2 Å². The minimum Gasteiger partial charge on any atom is -0.293 e. The first-order chi connectivity index (χ1) is 13.8. The van der Waals surface area contributed by atoms with Gasteiger partial charge in [-0.3, -0.25) is 9.88 Å². The maximum atomic E-state index is 4.77. The quantitative estimate of drug-likeness (QED) is 0.551. The maximum Gasteiger partial charge on any atom is 0.159 e. The van der Waals surface area contributed by atoms with Crippen molar-refractivity contribution in [2.75, 3.05) is 6.54 Å². The first-order valence-electron chi connectivity index (χ1n) is 9.29. The van der Waals surface area contributed by atoms with E-state index < -0.39 is 0 Å². The van der Waals surface area contributed by atoms with Crippen LogP contribution < -0.4 is 0 Å². The van der Waals surface area contributed by atoms with E-state index in [1.807, 2.05) is 59.5 Å². The van der Waals surface area contributed by atoms with Crippen LogP contribution in [0, 0.1) is 0 Å². The highest BCUT2D eigenvalue weighted by atomic mass is 15.4. The molecule has 0 spiro atoms. The molecule has 1 aromatic carbocycles. The van der Waals surface area contributed by atoms with Crippen molar-refractivity contribution in [3.8, 4) is 17.1 Å². The molecule has 1 aliphatic rings. The van der Waals surface area contributed by atoms with Crippen molar-refractivity contribution in [3.63, 3.8) is 0 Å².